The SMILES string of the molecule is Cc1ccc(N(CC(=O)N/N=C\c2ccc(Cl)cc2Cl)S(=O)(=O)c2ccccc2)cc1Cl. The van der Waals surface area contributed by atoms with Crippen molar-refractivity contribution in [3.63, 3.8) is 0 Å². The molecule has 10 heteroatoms. The molecule has 0 fully saturated rings. The van der Waals surface area contributed by atoms with Gasteiger partial charge in [0.25, 0.3) is 15.9 Å². The summed E-state index contributed by atoms with van der Waals surface area (Å²) < 4.78 is 27.5. The molecule has 1 amide bonds. The van der Waals surface area contributed by atoms with Crippen LogP contribution in [0.5, 0.6) is 0 Å². The first kappa shape index (κ1) is 24.1. The van der Waals surface area contributed by atoms with Crippen LogP contribution >= 0.6 is 34.8 Å². The number of amides is 1. The van der Waals surface area contributed by atoms with E-state index in [2.05, 4.69) is 10.5 Å². The van der Waals surface area contributed by atoms with Gasteiger partial charge < -0.3 is 0 Å². The number of carbonyl (C=O) groups excluding carboxylic acids is 1. The predicted molar refractivity (Wildman–Crippen MR) is 129 cm³/mol. The summed E-state index contributed by atoms with van der Waals surface area (Å²) in [5.41, 5.74) is 3.89. The normalized spacial score (nSPS) is 11.5. The molecule has 3 aromatic rings. The Morgan fingerprint density at radius 2 is 1.72 bits per heavy atom. The van der Waals surface area contributed by atoms with E-state index in [-0.39, 0.29) is 10.6 Å². The topological polar surface area (TPSA) is 78.8 Å². The minimum Gasteiger partial charge on any atom is -0.271 e. The number of halogens is 3. The molecule has 0 aromatic heterocycles. The Labute approximate surface area is 201 Å². The maximum absolute atomic E-state index is 13.3. The van der Waals surface area contributed by atoms with Crippen LogP contribution in [-0.2, 0) is 14.8 Å². The Morgan fingerprint density at radius 1 is 1.00 bits per heavy atom. The van der Waals surface area contributed by atoms with E-state index in [1.807, 2.05) is 0 Å². The van der Waals surface area contributed by atoms with Gasteiger partial charge in [0, 0.05) is 15.6 Å². The van der Waals surface area contributed by atoms with E-state index in [1.54, 1.807) is 55.5 Å². The highest BCUT2D eigenvalue weighted by Gasteiger charge is 2.27. The zero-order valence-electron chi connectivity index (χ0n) is 16.8. The van der Waals surface area contributed by atoms with E-state index in [4.69, 9.17) is 34.8 Å². The van der Waals surface area contributed by atoms with Crippen molar-refractivity contribution in [2.45, 2.75) is 11.8 Å². The van der Waals surface area contributed by atoms with Gasteiger partial charge in [0.1, 0.15) is 6.54 Å². The van der Waals surface area contributed by atoms with Gasteiger partial charge in [-0.25, -0.2) is 13.8 Å². The second-order valence-corrected chi connectivity index (χ2v) is 9.83. The molecular weight excluding hydrogens is 493 g/mol. The van der Waals surface area contributed by atoms with E-state index in [0.29, 0.717) is 20.6 Å². The Morgan fingerprint density at radius 3 is 2.38 bits per heavy atom. The van der Waals surface area contributed by atoms with Gasteiger partial charge in [-0.1, -0.05) is 65.1 Å². The van der Waals surface area contributed by atoms with Crippen molar-refractivity contribution < 1.29 is 13.2 Å². The highest BCUT2D eigenvalue weighted by Crippen LogP contribution is 2.28. The monoisotopic (exact) mass is 509 g/mol. The third-order valence-electron chi connectivity index (χ3n) is 4.42. The van der Waals surface area contributed by atoms with Gasteiger partial charge in [0.05, 0.1) is 21.8 Å². The molecular formula is C22H18Cl3N3O3S. The number of hydrogen-bond acceptors (Lipinski definition) is 4. The highest BCUT2D eigenvalue weighted by molar-refractivity contribution is 7.92. The lowest BCUT2D eigenvalue weighted by atomic mass is 10.2. The van der Waals surface area contributed by atoms with E-state index in [0.717, 1.165) is 9.87 Å². The number of carbonyl (C=O) groups is 1. The Hall–Kier alpha value is -2.58. The number of hydrogen-bond donors (Lipinski definition) is 1. The summed E-state index contributed by atoms with van der Waals surface area (Å²) in [5.74, 6) is -0.650. The van der Waals surface area contributed by atoms with Crippen molar-refractivity contribution in [1.29, 1.82) is 0 Å². The number of anilines is 1. The number of nitrogens with one attached hydrogen (secondary N) is 1. The van der Waals surface area contributed by atoms with Gasteiger partial charge >= 0.3 is 0 Å². The number of sulfonamides is 1. The lowest BCUT2D eigenvalue weighted by molar-refractivity contribution is -0.119. The zero-order chi connectivity index (χ0) is 23.3. The van der Waals surface area contributed by atoms with Gasteiger partial charge in [-0.15, -0.1) is 0 Å². The molecule has 3 aromatic carbocycles. The zero-order valence-corrected chi connectivity index (χ0v) is 19.9. The predicted octanol–water partition coefficient (Wildman–Crippen LogP) is 5.30. The van der Waals surface area contributed by atoms with Crippen LogP contribution in [0.1, 0.15) is 11.1 Å². The molecule has 0 radical (unpaired) electrons. The van der Waals surface area contributed by atoms with Crippen LogP contribution < -0.4 is 9.73 Å². The van der Waals surface area contributed by atoms with Crippen LogP contribution in [0.15, 0.2) is 76.7 Å². The minimum atomic E-state index is -4.04. The molecule has 166 valence electrons. The van der Waals surface area contributed by atoms with Crippen molar-refractivity contribution in [2.24, 2.45) is 5.10 Å². The number of rotatable bonds is 7. The second kappa shape index (κ2) is 10.4. The lowest BCUT2D eigenvalue weighted by Crippen LogP contribution is -2.39. The average molecular weight is 511 g/mol. The van der Waals surface area contributed by atoms with Gasteiger partial charge in [-0.05, 0) is 48.9 Å². The summed E-state index contributed by atoms with van der Waals surface area (Å²) in [4.78, 5) is 12.6. The van der Waals surface area contributed by atoms with E-state index in [9.17, 15) is 13.2 Å². The fourth-order valence-corrected chi connectivity index (χ4v) is 4.78. The molecule has 0 aliphatic carbocycles. The quantitative estimate of drug-likeness (QED) is 0.346. The van der Waals surface area contributed by atoms with Crippen molar-refractivity contribution in [3.8, 4) is 0 Å². The number of nitrogens with zero attached hydrogens (tertiary/aromatic N) is 2. The molecule has 32 heavy (non-hydrogen) atoms. The van der Waals surface area contributed by atoms with Crippen LogP contribution in [-0.4, -0.2) is 27.1 Å². The van der Waals surface area contributed by atoms with Crippen LogP contribution in [0.2, 0.25) is 15.1 Å². The molecule has 0 unspecified atom stereocenters. The maximum Gasteiger partial charge on any atom is 0.264 e. The van der Waals surface area contributed by atoms with Crippen molar-refractivity contribution in [2.75, 3.05) is 10.8 Å². The summed E-state index contributed by atoms with van der Waals surface area (Å²) in [6.45, 7) is 1.29. The minimum absolute atomic E-state index is 0.0425. The van der Waals surface area contributed by atoms with E-state index in [1.165, 1.54) is 24.4 Å². The molecule has 6 nitrogen and oxygen atoms in total. The summed E-state index contributed by atoms with van der Waals surface area (Å²) in [5, 5.41) is 5.07. The first-order valence-electron chi connectivity index (χ1n) is 9.29. The van der Waals surface area contributed by atoms with Gasteiger partial charge in [-0.3, -0.25) is 9.10 Å². The molecule has 0 aliphatic heterocycles. The van der Waals surface area contributed by atoms with Crippen LogP contribution in [0.25, 0.3) is 0 Å². The van der Waals surface area contributed by atoms with Crippen molar-refractivity contribution in [1.82, 2.24) is 5.43 Å². The third kappa shape index (κ3) is 5.81. The fourth-order valence-electron chi connectivity index (χ4n) is 2.72. The summed E-state index contributed by atoms with van der Waals surface area (Å²) in [7, 11) is -4.04. The first-order valence-corrected chi connectivity index (χ1v) is 11.9. The smallest absolute Gasteiger partial charge is 0.264 e. The van der Waals surface area contributed by atoms with Gasteiger partial charge in [-0.2, -0.15) is 5.10 Å². The van der Waals surface area contributed by atoms with Crippen LogP contribution in [0, 0.1) is 6.92 Å². The molecule has 1 N–H and O–H groups in total. The molecule has 3 rings (SSSR count). The summed E-state index contributed by atoms with van der Waals surface area (Å²) in [6, 6.07) is 17.4. The van der Waals surface area contributed by atoms with E-state index >= 15 is 0 Å². The summed E-state index contributed by atoms with van der Waals surface area (Å²) in [6.07, 6.45) is 1.34. The Bertz CT molecular complexity index is 1270. The third-order valence-corrected chi connectivity index (χ3v) is 7.17. The lowest BCUT2D eigenvalue weighted by Gasteiger charge is -2.24. The molecule has 0 saturated heterocycles. The number of benzene rings is 3. The highest BCUT2D eigenvalue weighted by atomic mass is 35.5. The van der Waals surface area contributed by atoms with Crippen molar-refractivity contribution >= 4 is 62.6 Å². The first-order chi connectivity index (χ1) is 15.2. The maximum atomic E-state index is 13.3. The molecule has 0 bridgehead atoms. The number of aryl methyl sites for hydroxylation is 1. The van der Waals surface area contributed by atoms with Gasteiger partial charge in [0.15, 0.2) is 0 Å². The molecule has 0 atom stereocenters. The second-order valence-electron chi connectivity index (χ2n) is 6.72. The fraction of sp³-hybridized carbons (Fsp3) is 0.0909. The average Bonchev–Trinajstić information content (AvgIpc) is 2.76. The van der Waals surface area contributed by atoms with Crippen molar-refractivity contribution in [3.05, 3.63) is 92.9 Å². The molecule has 0 spiro atoms. The molecule has 0 heterocycles. The molecule has 0 saturated carbocycles. The Kier molecular flexibility index (Phi) is 7.79. The Balaban J connectivity index is 1.86. The molecule has 0 aliphatic rings. The number of hydrazone groups is 1. The van der Waals surface area contributed by atoms with Crippen LogP contribution in [0.3, 0.4) is 0 Å². The standard InChI is InChI=1S/C22H18Cl3N3O3S/c1-15-7-10-18(12-20(15)24)28(32(30,31)19-5-3-2-4-6-19)14-22(29)27-26-13-16-8-9-17(23)11-21(16)25/h2-13H,14H2,1H3,(H,27,29)/b26-13-. The van der Waals surface area contributed by atoms with Crippen LogP contribution in [0.4, 0.5) is 5.69 Å². The van der Waals surface area contributed by atoms with Gasteiger partial charge in [0.2, 0.25) is 0 Å². The van der Waals surface area contributed by atoms with E-state index < -0.39 is 22.5 Å². The summed E-state index contributed by atoms with van der Waals surface area (Å²) >= 11 is 18.1. The largest absolute Gasteiger partial charge is 0.271 e.